The van der Waals surface area contributed by atoms with Gasteiger partial charge < -0.3 is 5.32 Å². The first-order valence-electron chi connectivity index (χ1n) is 8.11. The lowest BCUT2D eigenvalue weighted by Gasteiger charge is -2.32. The molecule has 0 atom stereocenters. The van der Waals surface area contributed by atoms with Gasteiger partial charge in [0.2, 0.25) is 0 Å². The van der Waals surface area contributed by atoms with Gasteiger partial charge in [0.05, 0.1) is 5.56 Å². The molecule has 1 N–H and O–H groups in total. The van der Waals surface area contributed by atoms with Crippen LogP contribution in [0, 0.1) is 5.92 Å². The molecule has 1 aromatic rings. The first kappa shape index (κ1) is 17.6. The zero-order valence-corrected chi connectivity index (χ0v) is 14.4. The standard InChI is InChI=1S/C17H21F3N2OS/c1-24-10-11-2-4-22(5-3-11)9-12-6-13-14(8-21-16(13)23)15(7-12)17(18,19)20/h6-7,11H,2-5,8-10H2,1H3,(H,21,23). The van der Waals surface area contributed by atoms with Crippen LogP contribution >= 0.6 is 11.8 Å². The number of piperidine rings is 1. The third kappa shape index (κ3) is 3.72. The maximum absolute atomic E-state index is 13.3. The van der Waals surface area contributed by atoms with E-state index in [4.69, 9.17) is 0 Å². The van der Waals surface area contributed by atoms with Gasteiger partial charge in [0.25, 0.3) is 5.91 Å². The normalized spacial score (nSPS) is 19.4. The summed E-state index contributed by atoms with van der Waals surface area (Å²) in [5.41, 5.74) is 0.152. The average Bonchev–Trinajstić information content (AvgIpc) is 2.89. The van der Waals surface area contributed by atoms with Gasteiger partial charge in [0.15, 0.2) is 0 Å². The van der Waals surface area contributed by atoms with Crippen molar-refractivity contribution in [3.8, 4) is 0 Å². The Hall–Kier alpha value is -1.21. The predicted octanol–water partition coefficient (Wildman–Crippen LogP) is 3.52. The molecule has 2 aliphatic heterocycles. The summed E-state index contributed by atoms with van der Waals surface area (Å²) in [6.07, 6.45) is -0.171. The monoisotopic (exact) mass is 358 g/mol. The van der Waals surface area contributed by atoms with Crippen molar-refractivity contribution >= 4 is 17.7 Å². The molecular weight excluding hydrogens is 337 g/mol. The van der Waals surface area contributed by atoms with Crippen molar-refractivity contribution in [1.82, 2.24) is 10.2 Å². The fraction of sp³-hybridized carbons (Fsp3) is 0.588. The van der Waals surface area contributed by atoms with Gasteiger partial charge in [-0.05, 0) is 67.1 Å². The molecule has 1 amide bonds. The second-order valence-electron chi connectivity index (χ2n) is 6.52. The molecule has 0 unspecified atom stereocenters. The van der Waals surface area contributed by atoms with Crippen LogP contribution in [-0.4, -0.2) is 35.9 Å². The van der Waals surface area contributed by atoms with Crippen LogP contribution in [0.25, 0.3) is 0 Å². The number of nitrogens with zero attached hydrogens (tertiary/aromatic N) is 1. The van der Waals surface area contributed by atoms with E-state index in [0.717, 1.165) is 31.7 Å². The van der Waals surface area contributed by atoms with Crippen LogP contribution in [-0.2, 0) is 19.3 Å². The summed E-state index contributed by atoms with van der Waals surface area (Å²) in [4.78, 5) is 14.0. The van der Waals surface area contributed by atoms with E-state index in [1.54, 1.807) is 6.07 Å². The second kappa shape index (κ2) is 6.96. The van der Waals surface area contributed by atoms with Crippen molar-refractivity contribution in [3.63, 3.8) is 0 Å². The van der Waals surface area contributed by atoms with Crippen LogP contribution in [0.2, 0.25) is 0 Å². The molecule has 7 heteroatoms. The third-order valence-electron chi connectivity index (χ3n) is 4.80. The molecule has 0 bridgehead atoms. The highest BCUT2D eigenvalue weighted by Crippen LogP contribution is 2.36. The SMILES string of the molecule is CSCC1CCN(Cc2cc3c(c(C(F)(F)F)c2)CNC3=O)CC1. The minimum atomic E-state index is -4.43. The number of likely N-dealkylation sites (tertiary alicyclic amines) is 1. The number of carbonyl (C=O) groups is 1. The molecule has 24 heavy (non-hydrogen) atoms. The molecule has 0 aromatic heterocycles. The summed E-state index contributed by atoms with van der Waals surface area (Å²) in [6, 6.07) is 2.84. The Kier molecular flexibility index (Phi) is 5.11. The average molecular weight is 358 g/mol. The number of hydrogen-bond acceptors (Lipinski definition) is 3. The smallest absolute Gasteiger partial charge is 0.348 e. The summed E-state index contributed by atoms with van der Waals surface area (Å²) in [6.45, 7) is 2.23. The first-order chi connectivity index (χ1) is 11.4. The van der Waals surface area contributed by atoms with Crippen molar-refractivity contribution in [2.75, 3.05) is 25.1 Å². The molecule has 2 aliphatic rings. The number of amides is 1. The number of alkyl halides is 3. The Labute approximate surface area is 144 Å². The van der Waals surface area contributed by atoms with E-state index >= 15 is 0 Å². The summed E-state index contributed by atoms with van der Waals surface area (Å²) < 4.78 is 39.9. The zero-order chi connectivity index (χ0) is 17.3. The lowest BCUT2D eigenvalue weighted by atomic mass is 9.96. The van der Waals surface area contributed by atoms with Gasteiger partial charge in [0.1, 0.15) is 0 Å². The van der Waals surface area contributed by atoms with Crippen LogP contribution in [0.5, 0.6) is 0 Å². The van der Waals surface area contributed by atoms with E-state index < -0.39 is 17.6 Å². The van der Waals surface area contributed by atoms with E-state index in [0.29, 0.717) is 18.0 Å². The molecule has 0 aliphatic carbocycles. The lowest BCUT2D eigenvalue weighted by Crippen LogP contribution is -2.34. The van der Waals surface area contributed by atoms with Gasteiger partial charge in [-0.15, -0.1) is 0 Å². The third-order valence-corrected chi connectivity index (χ3v) is 5.61. The van der Waals surface area contributed by atoms with Crippen molar-refractivity contribution in [2.24, 2.45) is 5.92 Å². The van der Waals surface area contributed by atoms with Crippen LogP contribution < -0.4 is 5.32 Å². The number of fused-ring (bicyclic) bond motifs is 1. The molecule has 0 radical (unpaired) electrons. The van der Waals surface area contributed by atoms with E-state index in [1.807, 2.05) is 11.8 Å². The molecule has 132 valence electrons. The van der Waals surface area contributed by atoms with E-state index in [-0.39, 0.29) is 17.7 Å². The topological polar surface area (TPSA) is 32.3 Å². The largest absolute Gasteiger partial charge is 0.416 e. The number of carbonyl (C=O) groups excluding carboxylic acids is 1. The first-order valence-corrected chi connectivity index (χ1v) is 9.50. The Morgan fingerprint density at radius 1 is 1.29 bits per heavy atom. The Bertz CT molecular complexity index is 625. The molecule has 0 saturated carbocycles. The van der Waals surface area contributed by atoms with Crippen LogP contribution in [0.1, 0.15) is 39.9 Å². The lowest BCUT2D eigenvalue weighted by molar-refractivity contribution is -0.138. The molecule has 2 heterocycles. The summed E-state index contributed by atoms with van der Waals surface area (Å²) >= 11 is 1.84. The van der Waals surface area contributed by atoms with Crippen molar-refractivity contribution in [3.05, 3.63) is 34.4 Å². The van der Waals surface area contributed by atoms with Crippen molar-refractivity contribution in [1.29, 1.82) is 0 Å². The predicted molar refractivity (Wildman–Crippen MR) is 89.0 cm³/mol. The Morgan fingerprint density at radius 3 is 2.62 bits per heavy atom. The number of halogens is 3. The number of nitrogens with one attached hydrogen (secondary N) is 1. The fourth-order valence-electron chi connectivity index (χ4n) is 3.54. The quantitative estimate of drug-likeness (QED) is 0.894. The van der Waals surface area contributed by atoms with Gasteiger partial charge in [0, 0.05) is 18.7 Å². The highest BCUT2D eigenvalue weighted by atomic mass is 32.2. The summed E-state index contributed by atoms with van der Waals surface area (Å²) in [7, 11) is 0. The summed E-state index contributed by atoms with van der Waals surface area (Å²) in [5.74, 6) is 1.44. The van der Waals surface area contributed by atoms with Gasteiger partial charge in [-0.3, -0.25) is 9.69 Å². The minimum absolute atomic E-state index is 0.0383. The number of benzene rings is 1. The zero-order valence-electron chi connectivity index (χ0n) is 13.6. The highest BCUT2D eigenvalue weighted by Gasteiger charge is 2.37. The maximum atomic E-state index is 13.3. The van der Waals surface area contributed by atoms with Crippen LogP contribution in [0.15, 0.2) is 12.1 Å². The number of hydrogen-bond donors (Lipinski definition) is 1. The maximum Gasteiger partial charge on any atom is 0.416 e. The molecular formula is C17H21F3N2OS. The Morgan fingerprint density at radius 2 is 2.00 bits per heavy atom. The van der Waals surface area contributed by atoms with Gasteiger partial charge in [-0.2, -0.15) is 24.9 Å². The van der Waals surface area contributed by atoms with Crippen LogP contribution in [0.4, 0.5) is 13.2 Å². The molecule has 3 rings (SSSR count). The number of thioether (sulfide) groups is 1. The second-order valence-corrected chi connectivity index (χ2v) is 7.44. The molecule has 3 nitrogen and oxygen atoms in total. The van der Waals surface area contributed by atoms with E-state index in [2.05, 4.69) is 16.5 Å². The van der Waals surface area contributed by atoms with E-state index in [1.165, 1.54) is 6.07 Å². The van der Waals surface area contributed by atoms with Crippen molar-refractivity contribution < 1.29 is 18.0 Å². The summed E-state index contributed by atoms with van der Waals surface area (Å²) in [5, 5.41) is 2.49. The molecule has 0 spiro atoms. The van der Waals surface area contributed by atoms with Gasteiger partial charge >= 0.3 is 6.18 Å². The molecule has 1 fully saturated rings. The number of rotatable bonds is 4. The van der Waals surface area contributed by atoms with Crippen molar-refractivity contribution in [2.45, 2.75) is 32.1 Å². The van der Waals surface area contributed by atoms with Crippen LogP contribution in [0.3, 0.4) is 0 Å². The van der Waals surface area contributed by atoms with Gasteiger partial charge in [-0.1, -0.05) is 0 Å². The van der Waals surface area contributed by atoms with E-state index in [9.17, 15) is 18.0 Å². The van der Waals surface area contributed by atoms with Gasteiger partial charge in [-0.25, -0.2) is 0 Å². The highest BCUT2D eigenvalue weighted by molar-refractivity contribution is 7.98. The Balaban J connectivity index is 1.77. The minimum Gasteiger partial charge on any atom is -0.348 e. The molecule has 1 saturated heterocycles. The fourth-order valence-corrected chi connectivity index (χ4v) is 4.34. The molecule has 1 aromatic carbocycles.